The van der Waals surface area contributed by atoms with Crippen molar-refractivity contribution < 1.29 is 9.59 Å². The maximum absolute atomic E-state index is 12.5. The molecule has 0 atom stereocenters. The maximum atomic E-state index is 12.5. The van der Waals surface area contributed by atoms with E-state index in [1.807, 2.05) is 24.3 Å². The third kappa shape index (κ3) is 3.66. The fourth-order valence-corrected chi connectivity index (χ4v) is 2.76. The first-order valence-electron chi connectivity index (χ1n) is 7.56. The lowest BCUT2D eigenvalue weighted by Gasteiger charge is -2.06. The summed E-state index contributed by atoms with van der Waals surface area (Å²) >= 11 is 3.42. The first kappa shape index (κ1) is 17.0. The lowest BCUT2D eigenvalue weighted by molar-refractivity contribution is 0.101. The fraction of sp³-hybridized carbons (Fsp3) is 0.111. The van der Waals surface area contributed by atoms with Gasteiger partial charge in [-0.15, -0.1) is 5.10 Å². The van der Waals surface area contributed by atoms with E-state index in [2.05, 4.69) is 31.6 Å². The van der Waals surface area contributed by atoms with E-state index in [4.69, 9.17) is 0 Å². The van der Waals surface area contributed by atoms with E-state index in [1.54, 1.807) is 35.9 Å². The quantitative estimate of drug-likeness (QED) is 0.678. The summed E-state index contributed by atoms with van der Waals surface area (Å²) in [5.41, 5.74) is 2.87. The molecule has 3 aromatic rings. The van der Waals surface area contributed by atoms with Gasteiger partial charge < -0.3 is 5.32 Å². The molecular weight excluding hydrogens is 384 g/mol. The minimum absolute atomic E-state index is 0.0225. The van der Waals surface area contributed by atoms with Gasteiger partial charge in [-0.3, -0.25) is 9.59 Å². The van der Waals surface area contributed by atoms with Gasteiger partial charge in [0, 0.05) is 15.7 Å². The van der Waals surface area contributed by atoms with Crippen LogP contribution in [0.2, 0.25) is 0 Å². The number of halogens is 1. The molecule has 1 heterocycles. The van der Waals surface area contributed by atoms with E-state index in [1.165, 1.54) is 6.92 Å². The molecule has 6 nitrogen and oxygen atoms in total. The van der Waals surface area contributed by atoms with E-state index in [0.29, 0.717) is 16.9 Å². The van der Waals surface area contributed by atoms with Crippen molar-refractivity contribution in [1.82, 2.24) is 15.0 Å². The van der Waals surface area contributed by atoms with Gasteiger partial charge in [-0.1, -0.05) is 27.2 Å². The Labute approximate surface area is 153 Å². The molecule has 1 aromatic heterocycles. The van der Waals surface area contributed by atoms with Gasteiger partial charge in [0.05, 0.1) is 11.4 Å². The van der Waals surface area contributed by atoms with E-state index in [-0.39, 0.29) is 17.4 Å². The van der Waals surface area contributed by atoms with Crippen LogP contribution in [-0.2, 0) is 0 Å². The summed E-state index contributed by atoms with van der Waals surface area (Å²) in [6, 6.07) is 14.3. The molecule has 7 heteroatoms. The SMILES string of the molecule is CC(=O)c1ccc(NC(=O)c2nnn(-c3cccc(Br)c3)c2C)cc1. The van der Waals surface area contributed by atoms with Crippen molar-refractivity contribution in [2.45, 2.75) is 13.8 Å². The largest absolute Gasteiger partial charge is 0.321 e. The molecule has 0 aliphatic carbocycles. The molecule has 1 N–H and O–H groups in total. The zero-order chi connectivity index (χ0) is 18.0. The normalized spacial score (nSPS) is 10.5. The number of aromatic nitrogens is 3. The monoisotopic (exact) mass is 398 g/mol. The summed E-state index contributed by atoms with van der Waals surface area (Å²) in [5.74, 6) is -0.375. The van der Waals surface area contributed by atoms with E-state index in [0.717, 1.165) is 10.2 Å². The Morgan fingerprint density at radius 3 is 2.48 bits per heavy atom. The number of benzene rings is 2. The summed E-state index contributed by atoms with van der Waals surface area (Å²) in [6.07, 6.45) is 0. The molecule has 3 rings (SSSR count). The molecule has 126 valence electrons. The number of carbonyl (C=O) groups excluding carboxylic acids is 2. The summed E-state index contributed by atoms with van der Waals surface area (Å²) in [7, 11) is 0. The lowest BCUT2D eigenvalue weighted by atomic mass is 10.1. The second kappa shape index (κ2) is 6.98. The van der Waals surface area contributed by atoms with Crippen LogP contribution in [0.4, 0.5) is 5.69 Å². The molecule has 0 radical (unpaired) electrons. The van der Waals surface area contributed by atoms with Gasteiger partial charge in [0.15, 0.2) is 11.5 Å². The molecule has 0 bridgehead atoms. The van der Waals surface area contributed by atoms with Crippen LogP contribution < -0.4 is 5.32 Å². The summed E-state index contributed by atoms with van der Waals surface area (Å²) < 4.78 is 2.52. The van der Waals surface area contributed by atoms with Crippen LogP contribution in [0.25, 0.3) is 5.69 Å². The Kier molecular flexibility index (Phi) is 4.76. The van der Waals surface area contributed by atoms with Crippen molar-refractivity contribution in [2.24, 2.45) is 0 Å². The molecule has 0 aliphatic heterocycles. The maximum Gasteiger partial charge on any atom is 0.278 e. The fourth-order valence-electron chi connectivity index (χ4n) is 2.37. The Bertz CT molecular complexity index is 948. The van der Waals surface area contributed by atoms with Crippen molar-refractivity contribution in [3.8, 4) is 5.69 Å². The number of nitrogens with zero attached hydrogens (tertiary/aromatic N) is 3. The van der Waals surface area contributed by atoms with Gasteiger partial charge in [-0.25, -0.2) is 4.68 Å². The number of rotatable bonds is 4. The topological polar surface area (TPSA) is 76.9 Å². The third-order valence-corrected chi connectivity index (χ3v) is 4.20. The predicted octanol–water partition coefficient (Wildman–Crippen LogP) is 3.79. The number of hydrogen-bond donors (Lipinski definition) is 1. The second-order valence-electron chi connectivity index (χ2n) is 5.50. The van der Waals surface area contributed by atoms with Crippen molar-refractivity contribution in [2.75, 3.05) is 5.32 Å². The number of anilines is 1. The Balaban J connectivity index is 1.82. The zero-order valence-corrected chi connectivity index (χ0v) is 15.2. The zero-order valence-electron chi connectivity index (χ0n) is 13.7. The Hall–Kier alpha value is -2.80. The predicted molar refractivity (Wildman–Crippen MR) is 98.2 cm³/mol. The highest BCUT2D eigenvalue weighted by Crippen LogP contribution is 2.18. The third-order valence-electron chi connectivity index (χ3n) is 3.71. The molecule has 0 fully saturated rings. The molecule has 2 aromatic carbocycles. The molecule has 0 saturated heterocycles. The molecule has 1 amide bonds. The van der Waals surface area contributed by atoms with E-state index >= 15 is 0 Å². The summed E-state index contributed by atoms with van der Waals surface area (Å²) in [4.78, 5) is 23.8. The standard InChI is InChI=1S/C18H15BrN4O2/c1-11-17(21-22-23(11)16-5-3-4-14(19)10-16)18(25)20-15-8-6-13(7-9-15)12(2)24/h3-10H,1-2H3,(H,20,25). The van der Waals surface area contributed by atoms with Crippen LogP contribution in [0, 0.1) is 6.92 Å². The van der Waals surface area contributed by atoms with Crippen molar-refractivity contribution >= 4 is 33.3 Å². The molecule has 0 saturated carbocycles. The number of amides is 1. The average Bonchev–Trinajstić information content (AvgIpc) is 2.97. The highest BCUT2D eigenvalue weighted by Gasteiger charge is 2.17. The molecule has 0 aliphatic rings. The summed E-state index contributed by atoms with van der Waals surface area (Å²) in [6.45, 7) is 3.28. The Morgan fingerprint density at radius 1 is 1.12 bits per heavy atom. The van der Waals surface area contributed by atoms with Crippen LogP contribution in [0.5, 0.6) is 0 Å². The van der Waals surface area contributed by atoms with Gasteiger partial charge in [0.1, 0.15) is 0 Å². The van der Waals surface area contributed by atoms with Crippen molar-refractivity contribution in [1.29, 1.82) is 0 Å². The lowest BCUT2D eigenvalue weighted by Crippen LogP contribution is -2.14. The van der Waals surface area contributed by atoms with Gasteiger partial charge in [-0.05, 0) is 56.3 Å². The molecule has 25 heavy (non-hydrogen) atoms. The molecule has 0 spiro atoms. The number of carbonyl (C=O) groups is 2. The van der Waals surface area contributed by atoms with Crippen LogP contribution in [0.15, 0.2) is 53.0 Å². The smallest absolute Gasteiger partial charge is 0.278 e. The first-order chi connectivity index (χ1) is 12.0. The number of Topliss-reactive ketones (excluding diaryl/α,β-unsaturated/α-hetero) is 1. The van der Waals surface area contributed by atoms with Crippen LogP contribution in [-0.4, -0.2) is 26.7 Å². The number of hydrogen-bond acceptors (Lipinski definition) is 4. The molecular formula is C18H15BrN4O2. The first-order valence-corrected chi connectivity index (χ1v) is 8.35. The van der Waals surface area contributed by atoms with Crippen LogP contribution in [0.1, 0.15) is 33.5 Å². The van der Waals surface area contributed by atoms with Crippen molar-refractivity contribution in [3.05, 3.63) is 70.0 Å². The van der Waals surface area contributed by atoms with Gasteiger partial charge in [-0.2, -0.15) is 0 Å². The van der Waals surface area contributed by atoms with Gasteiger partial charge in [0.25, 0.3) is 5.91 Å². The van der Waals surface area contributed by atoms with Gasteiger partial charge >= 0.3 is 0 Å². The van der Waals surface area contributed by atoms with Crippen LogP contribution >= 0.6 is 15.9 Å². The van der Waals surface area contributed by atoms with Crippen molar-refractivity contribution in [3.63, 3.8) is 0 Å². The molecule has 0 unspecified atom stereocenters. The minimum atomic E-state index is -0.352. The van der Waals surface area contributed by atoms with Crippen LogP contribution in [0.3, 0.4) is 0 Å². The van der Waals surface area contributed by atoms with E-state index in [9.17, 15) is 9.59 Å². The highest BCUT2D eigenvalue weighted by molar-refractivity contribution is 9.10. The average molecular weight is 399 g/mol. The highest BCUT2D eigenvalue weighted by atomic mass is 79.9. The summed E-state index contributed by atoms with van der Waals surface area (Å²) in [5, 5.41) is 10.8. The number of ketones is 1. The van der Waals surface area contributed by atoms with Gasteiger partial charge in [0.2, 0.25) is 0 Å². The minimum Gasteiger partial charge on any atom is -0.321 e. The number of nitrogens with one attached hydrogen (secondary N) is 1. The Morgan fingerprint density at radius 2 is 1.84 bits per heavy atom. The second-order valence-corrected chi connectivity index (χ2v) is 6.42. The van der Waals surface area contributed by atoms with E-state index < -0.39 is 0 Å².